The third kappa shape index (κ3) is 5.65. The number of hydrogen-bond acceptors (Lipinski definition) is 6. The molecule has 32 heavy (non-hydrogen) atoms. The van der Waals surface area contributed by atoms with E-state index in [-0.39, 0.29) is 36.6 Å². The predicted molar refractivity (Wildman–Crippen MR) is 122 cm³/mol. The summed E-state index contributed by atoms with van der Waals surface area (Å²) < 4.78 is 1.80. The Kier molecular flexibility index (Phi) is 7.84. The summed E-state index contributed by atoms with van der Waals surface area (Å²) in [5.74, 6) is -0.491. The minimum absolute atomic E-state index is 0.132. The van der Waals surface area contributed by atoms with Crippen molar-refractivity contribution in [1.82, 2.24) is 20.0 Å². The number of thioether (sulfide) groups is 1. The number of aromatic nitrogens is 2. The van der Waals surface area contributed by atoms with Gasteiger partial charge in [-0.15, -0.1) is 0 Å². The van der Waals surface area contributed by atoms with Crippen LogP contribution < -0.4 is 5.32 Å². The molecule has 1 aromatic carbocycles. The fourth-order valence-electron chi connectivity index (χ4n) is 3.50. The highest BCUT2D eigenvalue weighted by molar-refractivity contribution is 8.18. The van der Waals surface area contributed by atoms with Crippen molar-refractivity contribution in [2.75, 3.05) is 13.1 Å². The van der Waals surface area contributed by atoms with Crippen LogP contribution in [0.4, 0.5) is 4.79 Å². The van der Waals surface area contributed by atoms with Crippen molar-refractivity contribution < 1.29 is 14.4 Å². The minimum Gasteiger partial charge on any atom is -0.354 e. The molecule has 1 aliphatic heterocycles. The Morgan fingerprint density at radius 3 is 2.69 bits per heavy atom. The van der Waals surface area contributed by atoms with Gasteiger partial charge in [-0.3, -0.25) is 24.0 Å². The van der Waals surface area contributed by atoms with Gasteiger partial charge < -0.3 is 5.32 Å². The maximum atomic E-state index is 12.5. The molecule has 3 rings (SSSR count). The molecular weight excluding hydrogens is 426 g/mol. The molecule has 2 aromatic rings. The van der Waals surface area contributed by atoms with Crippen LogP contribution in [-0.2, 0) is 22.6 Å². The van der Waals surface area contributed by atoms with Crippen LogP contribution in [0.5, 0.6) is 0 Å². The largest absolute Gasteiger partial charge is 0.354 e. The summed E-state index contributed by atoms with van der Waals surface area (Å²) in [5.41, 5.74) is 3.69. The van der Waals surface area contributed by atoms with Gasteiger partial charge in [0.1, 0.15) is 0 Å². The van der Waals surface area contributed by atoms with Crippen molar-refractivity contribution in [1.29, 1.82) is 5.26 Å². The zero-order chi connectivity index (χ0) is 23.1. The van der Waals surface area contributed by atoms with E-state index >= 15 is 0 Å². The molecule has 3 amide bonds. The first-order chi connectivity index (χ1) is 15.4. The van der Waals surface area contributed by atoms with E-state index in [9.17, 15) is 14.4 Å². The van der Waals surface area contributed by atoms with E-state index in [1.165, 1.54) is 0 Å². The SMILES string of the molecule is Cc1nn(CCC#N)c(C)c1CCC(=O)NCCN1C(=O)S/C(=C\c2ccccc2)C1=O. The first kappa shape index (κ1) is 23.3. The fourth-order valence-corrected chi connectivity index (χ4v) is 4.36. The highest BCUT2D eigenvalue weighted by Crippen LogP contribution is 2.31. The summed E-state index contributed by atoms with van der Waals surface area (Å²) in [6, 6.07) is 11.5. The molecule has 0 atom stereocenters. The lowest BCUT2D eigenvalue weighted by Gasteiger charge is -2.13. The van der Waals surface area contributed by atoms with Gasteiger partial charge in [0, 0.05) is 25.2 Å². The van der Waals surface area contributed by atoms with Gasteiger partial charge in [-0.2, -0.15) is 10.4 Å². The van der Waals surface area contributed by atoms with E-state index in [4.69, 9.17) is 5.26 Å². The molecule has 1 fully saturated rings. The quantitative estimate of drug-likeness (QED) is 0.587. The van der Waals surface area contributed by atoms with Gasteiger partial charge in [0.15, 0.2) is 0 Å². The number of benzene rings is 1. The lowest BCUT2D eigenvalue weighted by atomic mass is 10.1. The molecule has 0 unspecified atom stereocenters. The number of carbonyl (C=O) groups excluding carboxylic acids is 3. The van der Waals surface area contributed by atoms with Crippen molar-refractivity contribution in [3.63, 3.8) is 0 Å². The average Bonchev–Trinajstić information content (AvgIpc) is 3.20. The van der Waals surface area contributed by atoms with Crippen LogP contribution in [0.1, 0.15) is 35.4 Å². The van der Waals surface area contributed by atoms with Gasteiger partial charge in [-0.25, -0.2) is 0 Å². The van der Waals surface area contributed by atoms with Crippen molar-refractivity contribution in [2.24, 2.45) is 0 Å². The lowest BCUT2D eigenvalue weighted by Crippen LogP contribution is -2.37. The lowest BCUT2D eigenvalue weighted by molar-refractivity contribution is -0.124. The van der Waals surface area contributed by atoms with Crippen LogP contribution in [0.3, 0.4) is 0 Å². The number of imide groups is 1. The van der Waals surface area contributed by atoms with Crippen LogP contribution in [0.2, 0.25) is 0 Å². The van der Waals surface area contributed by atoms with Gasteiger partial charge >= 0.3 is 0 Å². The second-order valence-electron chi connectivity index (χ2n) is 7.37. The number of nitriles is 1. The van der Waals surface area contributed by atoms with Gasteiger partial charge in [0.05, 0.1) is 29.6 Å². The Labute approximate surface area is 191 Å². The molecule has 0 radical (unpaired) electrons. The number of nitrogens with one attached hydrogen (secondary N) is 1. The number of nitrogens with zero attached hydrogens (tertiary/aromatic N) is 4. The first-order valence-corrected chi connectivity index (χ1v) is 11.2. The summed E-state index contributed by atoms with van der Waals surface area (Å²) in [4.78, 5) is 38.6. The molecule has 1 aliphatic rings. The molecular formula is C23H25N5O3S. The van der Waals surface area contributed by atoms with Gasteiger partial charge in [-0.1, -0.05) is 30.3 Å². The van der Waals surface area contributed by atoms with E-state index in [1.54, 1.807) is 10.8 Å². The number of hydrogen-bond donors (Lipinski definition) is 1. The Balaban J connectivity index is 1.48. The molecule has 0 aliphatic carbocycles. The normalized spacial score (nSPS) is 14.8. The van der Waals surface area contributed by atoms with Crippen molar-refractivity contribution in [3.8, 4) is 6.07 Å². The van der Waals surface area contributed by atoms with Crippen molar-refractivity contribution in [2.45, 2.75) is 39.7 Å². The molecule has 9 heteroatoms. The summed E-state index contributed by atoms with van der Waals surface area (Å²) >= 11 is 0.911. The molecule has 0 saturated carbocycles. The molecule has 0 spiro atoms. The maximum absolute atomic E-state index is 12.5. The highest BCUT2D eigenvalue weighted by Gasteiger charge is 2.34. The van der Waals surface area contributed by atoms with Crippen molar-refractivity contribution >= 4 is 34.9 Å². The topological polar surface area (TPSA) is 108 Å². The van der Waals surface area contributed by atoms with Gasteiger partial charge in [-0.05, 0) is 49.2 Å². The third-order valence-electron chi connectivity index (χ3n) is 5.20. The highest BCUT2D eigenvalue weighted by atomic mass is 32.2. The van der Waals surface area contributed by atoms with E-state index < -0.39 is 0 Å². The van der Waals surface area contributed by atoms with Crippen LogP contribution in [0, 0.1) is 25.2 Å². The van der Waals surface area contributed by atoms with Crippen LogP contribution in [0.15, 0.2) is 35.2 Å². The van der Waals surface area contributed by atoms with Crippen molar-refractivity contribution in [3.05, 3.63) is 57.8 Å². The second-order valence-corrected chi connectivity index (χ2v) is 8.37. The standard InChI is InChI=1S/C23H25N5O3S/c1-16-19(17(2)28(26-16)13-6-11-24)9-10-21(29)25-12-14-27-22(30)20(32-23(27)31)15-18-7-4-3-5-8-18/h3-5,7-8,15H,6,9-10,12-14H2,1-2H3,(H,25,29)/b20-15-. The molecule has 1 aromatic heterocycles. The van der Waals surface area contributed by atoms with E-state index in [0.29, 0.717) is 24.3 Å². The summed E-state index contributed by atoms with van der Waals surface area (Å²) in [5, 5.41) is 15.6. The zero-order valence-electron chi connectivity index (χ0n) is 18.1. The van der Waals surface area contributed by atoms with Crippen LogP contribution in [0.25, 0.3) is 6.08 Å². The Hall–Kier alpha value is -3.38. The third-order valence-corrected chi connectivity index (χ3v) is 6.10. The van der Waals surface area contributed by atoms with Crippen LogP contribution in [-0.4, -0.2) is 44.8 Å². The van der Waals surface area contributed by atoms with E-state index in [0.717, 1.165) is 39.2 Å². The monoisotopic (exact) mass is 451 g/mol. The molecule has 8 nitrogen and oxygen atoms in total. The van der Waals surface area contributed by atoms with Crippen LogP contribution >= 0.6 is 11.8 Å². The fraction of sp³-hybridized carbons (Fsp3) is 0.348. The number of aryl methyl sites for hydroxylation is 2. The van der Waals surface area contributed by atoms with Gasteiger partial charge in [0.25, 0.3) is 11.1 Å². The summed E-state index contributed by atoms with van der Waals surface area (Å²) in [6.07, 6.45) is 2.90. The molecule has 0 bridgehead atoms. The smallest absolute Gasteiger partial charge is 0.293 e. The average molecular weight is 452 g/mol. The van der Waals surface area contributed by atoms with E-state index in [2.05, 4.69) is 16.5 Å². The Morgan fingerprint density at radius 1 is 1.22 bits per heavy atom. The summed E-state index contributed by atoms with van der Waals surface area (Å²) in [6.45, 7) is 4.70. The molecule has 1 saturated heterocycles. The summed E-state index contributed by atoms with van der Waals surface area (Å²) in [7, 11) is 0. The Bertz CT molecular complexity index is 1090. The molecule has 166 valence electrons. The maximum Gasteiger partial charge on any atom is 0.293 e. The zero-order valence-corrected chi connectivity index (χ0v) is 18.9. The van der Waals surface area contributed by atoms with Gasteiger partial charge in [0.2, 0.25) is 5.91 Å². The second kappa shape index (κ2) is 10.8. The predicted octanol–water partition coefficient (Wildman–Crippen LogP) is 3.20. The molecule has 1 N–H and O–H groups in total. The van der Waals surface area contributed by atoms with E-state index in [1.807, 2.05) is 44.2 Å². The Morgan fingerprint density at radius 2 is 1.97 bits per heavy atom. The number of carbonyl (C=O) groups is 3. The first-order valence-electron chi connectivity index (χ1n) is 10.4. The minimum atomic E-state index is -0.339. The number of amides is 3. The molecule has 2 heterocycles. The number of rotatable bonds is 9.